The molecule has 2 aromatic rings. The predicted molar refractivity (Wildman–Crippen MR) is 92.9 cm³/mol. The van der Waals surface area contributed by atoms with Gasteiger partial charge in [-0.2, -0.15) is 13.2 Å². The Morgan fingerprint density at radius 2 is 1.54 bits per heavy atom. The maximum absolute atomic E-state index is 12.3. The summed E-state index contributed by atoms with van der Waals surface area (Å²) < 4.78 is 47.7. The molecule has 0 radical (unpaired) electrons. The van der Waals surface area contributed by atoms with E-state index in [0.29, 0.717) is 12.4 Å². The number of carboxylic acid groups (broad SMARTS) is 1. The number of hydrogen-bond donors (Lipinski definition) is 2. The summed E-state index contributed by atoms with van der Waals surface area (Å²) in [6, 6.07) is 13.7. The minimum absolute atomic E-state index is 0.282. The molecule has 9 heteroatoms. The summed E-state index contributed by atoms with van der Waals surface area (Å²) in [6.07, 6.45) is -6.38. The lowest BCUT2D eigenvalue weighted by molar-refractivity contribution is -0.160. The molecule has 1 atom stereocenters. The van der Waals surface area contributed by atoms with Crippen molar-refractivity contribution in [2.45, 2.75) is 25.2 Å². The number of halogens is 3. The lowest BCUT2D eigenvalue weighted by Gasteiger charge is -2.16. The van der Waals surface area contributed by atoms with Crippen LogP contribution in [0.5, 0.6) is 11.5 Å². The second kappa shape index (κ2) is 9.63. The van der Waals surface area contributed by atoms with Crippen LogP contribution < -0.4 is 14.8 Å². The zero-order valence-corrected chi connectivity index (χ0v) is 14.6. The third kappa shape index (κ3) is 7.56. The molecular formula is C19H18F3NO5. The van der Waals surface area contributed by atoms with Crippen LogP contribution in [-0.2, 0) is 16.2 Å². The van der Waals surface area contributed by atoms with Crippen LogP contribution in [0.15, 0.2) is 54.6 Å². The number of rotatable bonds is 9. The summed E-state index contributed by atoms with van der Waals surface area (Å²) in [5, 5.41) is 10.5. The lowest BCUT2D eigenvalue weighted by atomic mass is 10.2. The van der Waals surface area contributed by atoms with Gasteiger partial charge in [0.05, 0.1) is 6.42 Å². The Hall–Kier alpha value is -3.23. The molecule has 2 aromatic carbocycles. The molecule has 0 saturated carbocycles. The molecule has 1 amide bonds. The number of carboxylic acids is 1. The second-order valence-corrected chi connectivity index (χ2v) is 5.81. The third-order valence-corrected chi connectivity index (χ3v) is 3.51. The van der Waals surface area contributed by atoms with Crippen molar-refractivity contribution >= 4 is 11.9 Å². The SMILES string of the molecule is O=C(COc1ccc(OCc2ccccc2)cc1)NC(CC(F)(F)F)C(=O)O. The van der Waals surface area contributed by atoms with E-state index in [1.807, 2.05) is 30.3 Å². The van der Waals surface area contributed by atoms with Crippen molar-refractivity contribution in [1.29, 1.82) is 0 Å². The van der Waals surface area contributed by atoms with Crippen LogP contribution in [0.4, 0.5) is 13.2 Å². The van der Waals surface area contributed by atoms with E-state index in [4.69, 9.17) is 14.6 Å². The summed E-state index contributed by atoms with van der Waals surface area (Å²) in [5.41, 5.74) is 0.992. The first-order chi connectivity index (χ1) is 13.2. The number of carbonyl (C=O) groups is 2. The van der Waals surface area contributed by atoms with E-state index in [1.54, 1.807) is 17.4 Å². The van der Waals surface area contributed by atoms with Gasteiger partial charge in [0, 0.05) is 0 Å². The van der Waals surface area contributed by atoms with Crippen molar-refractivity contribution in [3.63, 3.8) is 0 Å². The number of amides is 1. The van der Waals surface area contributed by atoms with Gasteiger partial charge >= 0.3 is 12.1 Å². The van der Waals surface area contributed by atoms with Gasteiger partial charge in [-0.3, -0.25) is 4.79 Å². The summed E-state index contributed by atoms with van der Waals surface area (Å²) in [4.78, 5) is 22.5. The van der Waals surface area contributed by atoms with Crippen LogP contribution in [-0.4, -0.2) is 35.8 Å². The van der Waals surface area contributed by atoms with Crippen molar-refractivity contribution in [2.75, 3.05) is 6.61 Å². The van der Waals surface area contributed by atoms with Crippen molar-refractivity contribution in [3.8, 4) is 11.5 Å². The highest BCUT2D eigenvalue weighted by atomic mass is 19.4. The molecule has 6 nitrogen and oxygen atoms in total. The Morgan fingerprint density at radius 3 is 2.07 bits per heavy atom. The number of alkyl halides is 3. The van der Waals surface area contributed by atoms with Crippen molar-refractivity contribution in [3.05, 3.63) is 60.2 Å². The lowest BCUT2D eigenvalue weighted by Crippen LogP contribution is -2.45. The van der Waals surface area contributed by atoms with Crippen LogP contribution in [0.2, 0.25) is 0 Å². The Morgan fingerprint density at radius 1 is 0.964 bits per heavy atom. The van der Waals surface area contributed by atoms with Crippen LogP contribution in [0.1, 0.15) is 12.0 Å². The van der Waals surface area contributed by atoms with E-state index in [2.05, 4.69) is 0 Å². The maximum atomic E-state index is 12.3. The van der Waals surface area contributed by atoms with Gasteiger partial charge < -0.3 is 19.9 Å². The number of hydrogen-bond acceptors (Lipinski definition) is 4. The maximum Gasteiger partial charge on any atom is 0.391 e. The van der Waals surface area contributed by atoms with Crippen LogP contribution in [0.3, 0.4) is 0 Å². The molecule has 0 aliphatic rings. The topological polar surface area (TPSA) is 84.9 Å². The minimum Gasteiger partial charge on any atom is -0.489 e. The van der Waals surface area contributed by atoms with Crippen LogP contribution in [0.25, 0.3) is 0 Å². The van der Waals surface area contributed by atoms with E-state index in [0.717, 1.165) is 5.56 Å². The molecule has 150 valence electrons. The molecular weight excluding hydrogens is 379 g/mol. The molecule has 2 rings (SSSR count). The molecule has 0 fully saturated rings. The number of benzene rings is 2. The normalized spacial score (nSPS) is 12.1. The quantitative estimate of drug-likeness (QED) is 0.679. The molecule has 1 unspecified atom stereocenters. The third-order valence-electron chi connectivity index (χ3n) is 3.51. The molecule has 0 bridgehead atoms. The Kier molecular flexibility index (Phi) is 7.25. The minimum atomic E-state index is -4.72. The van der Waals surface area contributed by atoms with Gasteiger partial charge in [-0.1, -0.05) is 30.3 Å². The van der Waals surface area contributed by atoms with Crippen LogP contribution >= 0.6 is 0 Å². The number of carbonyl (C=O) groups excluding carboxylic acids is 1. The second-order valence-electron chi connectivity index (χ2n) is 5.81. The zero-order chi connectivity index (χ0) is 20.6. The van der Waals surface area contributed by atoms with E-state index in [-0.39, 0.29) is 5.75 Å². The summed E-state index contributed by atoms with van der Waals surface area (Å²) in [6.45, 7) is -0.245. The number of nitrogens with one attached hydrogen (secondary N) is 1. The highest BCUT2D eigenvalue weighted by molar-refractivity contribution is 5.84. The standard InChI is InChI=1S/C19H18F3NO5/c20-19(21,22)10-16(18(25)26)23-17(24)12-28-15-8-6-14(7-9-15)27-11-13-4-2-1-3-5-13/h1-9,16H,10-12H2,(H,23,24)(H,25,26). The van der Waals surface area contributed by atoms with Gasteiger partial charge in [0.25, 0.3) is 5.91 Å². The van der Waals surface area contributed by atoms with Gasteiger partial charge in [-0.15, -0.1) is 0 Å². The van der Waals surface area contributed by atoms with E-state index < -0.39 is 37.1 Å². The number of ether oxygens (including phenoxy) is 2. The summed E-state index contributed by atoms with van der Waals surface area (Å²) in [5.74, 6) is -1.90. The highest BCUT2D eigenvalue weighted by Crippen LogP contribution is 2.22. The molecule has 0 spiro atoms. The van der Waals surface area contributed by atoms with Gasteiger partial charge in [0.1, 0.15) is 24.1 Å². The molecule has 0 heterocycles. The Bertz CT molecular complexity index is 778. The van der Waals surface area contributed by atoms with Crippen molar-refractivity contribution in [2.24, 2.45) is 0 Å². The highest BCUT2D eigenvalue weighted by Gasteiger charge is 2.36. The first-order valence-electron chi connectivity index (χ1n) is 8.21. The number of aliphatic carboxylic acids is 1. The first kappa shape index (κ1) is 21.1. The molecule has 0 aromatic heterocycles. The Balaban J connectivity index is 1.80. The van der Waals surface area contributed by atoms with Gasteiger partial charge in [0.15, 0.2) is 6.61 Å². The molecule has 2 N–H and O–H groups in total. The fourth-order valence-corrected chi connectivity index (χ4v) is 2.19. The van der Waals surface area contributed by atoms with Crippen molar-refractivity contribution in [1.82, 2.24) is 5.32 Å². The van der Waals surface area contributed by atoms with Gasteiger partial charge in [-0.25, -0.2) is 4.79 Å². The first-order valence-corrected chi connectivity index (χ1v) is 8.21. The molecule has 0 aliphatic heterocycles. The van der Waals surface area contributed by atoms with E-state index >= 15 is 0 Å². The van der Waals surface area contributed by atoms with Crippen LogP contribution in [0, 0.1) is 0 Å². The van der Waals surface area contributed by atoms with Crippen molar-refractivity contribution < 1.29 is 37.3 Å². The summed E-state index contributed by atoms with van der Waals surface area (Å²) >= 11 is 0. The zero-order valence-electron chi connectivity index (χ0n) is 14.6. The average molecular weight is 397 g/mol. The summed E-state index contributed by atoms with van der Waals surface area (Å²) in [7, 11) is 0. The largest absolute Gasteiger partial charge is 0.489 e. The Labute approximate surface area is 158 Å². The van der Waals surface area contributed by atoms with Gasteiger partial charge in [-0.05, 0) is 29.8 Å². The fraction of sp³-hybridized carbons (Fsp3) is 0.263. The fourth-order valence-electron chi connectivity index (χ4n) is 2.19. The molecule has 0 aliphatic carbocycles. The molecule has 0 saturated heterocycles. The predicted octanol–water partition coefficient (Wildman–Crippen LogP) is 3.17. The van der Waals surface area contributed by atoms with E-state index in [9.17, 15) is 22.8 Å². The molecule has 28 heavy (non-hydrogen) atoms. The smallest absolute Gasteiger partial charge is 0.391 e. The average Bonchev–Trinajstić information content (AvgIpc) is 2.65. The van der Waals surface area contributed by atoms with E-state index in [1.165, 1.54) is 12.1 Å². The monoisotopic (exact) mass is 397 g/mol. The van der Waals surface area contributed by atoms with Gasteiger partial charge in [0.2, 0.25) is 0 Å².